The van der Waals surface area contributed by atoms with E-state index >= 15 is 0 Å². The number of nitrogens with zero attached hydrogens (tertiary/aromatic N) is 2. The standard InChI is InChI=1S/C25H27FN2O5/c1-31-21-7-5-18(6-8-21)25(10-13-32-14-11-25)22(29)27-12-9-24(16-27)17-28(23(30)33-24)20-4-2-3-19(26)15-20/h2-8,15H,9-14,16-17H2,1H3/t24-/m0/s1. The minimum absolute atomic E-state index is 0.0353. The van der Waals surface area contributed by atoms with Gasteiger partial charge in [0.1, 0.15) is 11.6 Å². The Morgan fingerprint density at radius 1 is 1.06 bits per heavy atom. The SMILES string of the molecule is COc1ccc(C2(C(=O)N3CC[C@]4(C3)CN(c3cccc(F)c3)C(=O)O4)CCOCC2)cc1. The van der Waals surface area contributed by atoms with Crippen LogP contribution in [-0.4, -0.2) is 62.5 Å². The second-order valence-electron chi connectivity index (χ2n) is 9.02. The number of hydrogen-bond donors (Lipinski definition) is 0. The van der Waals surface area contributed by atoms with Crippen molar-refractivity contribution in [1.82, 2.24) is 4.90 Å². The van der Waals surface area contributed by atoms with Crippen molar-refractivity contribution >= 4 is 17.7 Å². The fraction of sp³-hybridized carbons (Fsp3) is 0.440. The summed E-state index contributed by atoms with van der Waals surface area (Å²) in [4.78, 5) is 29.8. The molecule has 174 valence electrons. The van der Waals surface area contributed by atoms with E-state index in [4.69, 9.17) is 14.2 Å². The van der Waals surface area contributed by atoms with Crippen LogP contribution in [0.2, 0.25) is 0 Å². The van der Waals surface area contributed by atoms with Crippen molar-refractivity contribution in [3.05, 3.63) is 59.9 Å². The molecule has 3 heterocycles. The van der Waals surface area contributed by atoms with Gasteiger partial charge in [-0.15, -0.1) is 0 Å². The van der Waals surface area contributed by atoms with E-state index in [0.717, 1.165) is 11.3 Å². The van der Waals surface area contributed by atoms with Crippen molar-refractivity contribution in [3.8, 4) is 5.75 Å². The lowest BCUT2D eigenvalue weighted by molar-refractivity contribution is -0.141. The van der Waals surface area contributed by atoms with Gasteiger partial charge in [0.2, 0.25) is 5.91 Å². The van der Waals surface area contributed by atoms with Crippen LogP contribution in [0.4, 0.5) is 14.9 Å². The van der Waals surface area contributed by atoms with Crippen molar-refractivity contribution in [2.45, 2.75) is 30.3 Å². The first-order chi connectivity index (χ1) is 15.9. The fourth-order valence-electron chi connectivity index (χ4n) is 5.25. The number of amides is 2. The molecule has 0 N–H and O–H groups in total. The number of ether oxygens (including phenoxy) is 3. The van der Waals surface area contributed by atoms with E-state index in [1.807, 2.05) is 29.2 Å². The Kier molecular flexibility index (Phi) is 5.48. The molecule has 2 aromatic carbocycles. The van der Waals surface area contributed by atoms with E-state index in [-0.39, 0.29) is 12.5 Å². The van der Waals surface area contributed by atoms with E-state index in [1.54, 1.807) is 19.2 Å². The molecule has 33 heavy (non-hydrogen) atoms. The number of carbonyl (C=O) groups excluding carboxylic acids is 2. The summed E-state index contributed by atoms with van der Waals surface area (Å²) >= 11 is 0. The lowest BCUT2D eigenvalue weighted by atomic mass is 9.73. The molecule has 0 radical (unpaired) electrons. The average molecular weight is 454 g/mol. The van der Waals surface area contributed by atoms with Gasteiger partial charge in [-0.1, -0.05) is 18.2 Å². The molecule has 0 aliphatic carbocycles. The lowest BCUT2D eigenvalue weighted by Crippen LogP contribution is -2.50. The monoisotopic (exact) mass is 454 g/mol. The minimum Gasteiger partial charge on any atom is -0.497 e. The van der Waals surface area contributed by atoms with Gasteiger partial charge in [0.05, 0.1) is 31.3 Å². The summed E-state index contributed by atoms with van der Waals surface area (Å²) in [5, 5.41) is 0. The molecule has 5 rings (SSSR count). The Morgan fingerprint density at radius 2 is 1.82 bits per heavy atom. The summed E-state index contributed by atoms with van der Waals surface area (Å²) in [7, 11) is 1.62. The third kappa shape index (κ3) is 3.82. The molecule has 0 saturated carbocycles. The number of anilines is 1. The second-order valence-corrected chi connectivity index (χ2v) is 9.02. The molecule has 3 aliphatic rings. The van der Waals surface area contributed by atoms with Crippen LogP contribution in [0.15, 0.2) is 48.5 Å². The van der Waals surface area contributed by atoms with Gasteiger partial charge in [-0.2, -0.15) is 0 Å². The Bertz CT molecular complexity index is 1050. The third-order valence-corrected chi connectivity index (χ3v) is 7.09. The van der Waals surface area contributed by atoms with Gasteiger partial charge in [0, 0.05) is 26.2 Å². The fourth-order valence-corrected chi connectivity index (χ4v) is 5.25. The highest BCUT2D eigenvalue weighted by atomic mass is 19.1. The van der Waals surface area contributed by atoms with Crippen LogP contribution >= 0.6 is 0 Å². The van der Waals surface area contributed by atoms with Crippen molar-refractivity contribution in [1.29, 1.82) is 0 Å². The number of hydrogen-bond acceptors (Lipinski definition) is 5. The lowest BCUT2D eigenvalue weighted by Gasteiger charge is -2.39. The molecule has 0 aromatic heterocycles. The topological polar surface area (TPSA) is 68.3 Å². The number of benzene rings is 2. The number of rotatable bonds is 4. The normalized spacial score (nSPS) is 24.2. The number of methoxy groups -OCH3 is 1. The first kappa shape index (κ1) is 21.7. The summed E-state index contributed by atoms with van der Waals surface area (Å²) in [5.41, 5.74) is -0.0604. The first-order valence-corrected chi connectivity index (χ1v) is 11.2. The first-order valence-electron chi connectivity index (χ1n) is 11.2. The van der Waals surface area contributed by atoms with Gasteiger partial charge >= 0.3 is 6.09 Å². The van der Waals surface area contributed by atoms with Crippen LogP contribution in [0.1, 0.15) is 24.8 Å². The number of halogens is 1. The molecular formula is C25H27FN2O5. The Balaban J connectivity index is 1.37. The smallest absolute Gasteiger partial charge is 0.415 e. The molecule has 7 nitrogen and oxygen atoms in total. The maximum Gasteiger partial charge on any atom is 0.415 e. The van der Waals surface area contributed by atoms with Crippen molar-refractivity contribution in [3.63, 3.8) is 0 Å². The molecular weight excluding hydrogens is 427 g/mol. The Morgan fingerprint density at radius 3 is 2.52 bits per heavy atom. The molecule has 1 spiro atoms. The highest BCUT2D eigenvalue weighted by Crippen LogP contribution is 2.41. The van der Waals surface area contributed by atoms with Gasteiger partial charge in [-0.05, 0) is 48.7 Å². The maximum absolute atomic E-state index is 13.9. The minimum atomic E-state index is -0.786. The van der Waals surface area contributed by atoms with E-state index in [2.05, 4.69) is 0 Å². The van der Waals surface area contributed by atoms with E-state index in [1.165, 1.54) is 17.0 Å². The third-order valence-electron chi connectivity index (χ3n) is 7.09. The predicted octanol–water partition coefficient (Wildman–Crippen LogP) is 3.51. The van der Waals surface area contributed by atoms with Crippen LogP contribution in [0.3, 0.4) is 0 Å². The molecule has 2 amide bonds. The number of carbonyl (C=O) groups is 2. The van der Waals surface area contributed by atoms with Gasteiger partial charge in [0.15, 0.2) is 5.60 Å². The summed E-state index contributed by atoms with van der Waals surface area (Å²) < 4.78 is 30.3. The van der Waals surface area contributed by atoms with Gasteiger partial charge in [-0.25, -0.2) is 9.18 Å². The van der Waals surface area contributed by atoms with E-state index < -0.39 is 22.9 Å². The molecule has 0 bridgehead atoms. The van der Waals surface area contributed by atoms with Crippen LogP contribution in [0.5, 0.6) is 5.75 Å². The van der Waals surface area contributed by atoms with Gasteiger partial charge in [-0.3, -0.25) is 9.69 Å². The molecule has 1 atom stereocenters. The summed E-state index contributed by atoms with van der Waals surface area (Å²) in [5.74, 6) is 0.363. The predicted molar refractivity (Wildman–Crippen MR) is 119 cm³/mol. The molecule has 3 fully saturated rings. The quantitative estimate of drug-likeness (QED) is 0.707. The van der Waals surface area contributed by atoms with Crippen molar-refractivity contribution in [2.75, 3.05) is 44.9 Å². The Hall–Kier alpha value is -3.13. The van der Waals surface area contributed by atoms with Crippen LogP contribution in [0.25, 0.3) is 0 Å². The van der Waals surface area contributed by atoms with Gasteiger partial charge < -0.3 is 19.1 Å². The highest BCUT2D eigenvalue weighted by Gasteiger charge is 2.54. The van der Waals surface area contributed by atoms with Crippen LogP contribution < -0.4 is 9.64 Å². The molecule has 3 aliphatic heterocycles. The van der Waals surface area contributed by atoms with Crippen LogP contribution in [0, 0.1) is 5.82 Å². The van der Waals surface area contributed by atoms with Crippen molar-refractivity contribution in [2.24, 2.45) is 0 Å². The molecule has 3 saturated heterocycles. The maximum atomic E-state index is 13.9. The van der Waals surface area contributed by atoms with E-state index in [9.17, 15) is 14.0 Å². The second kappa shape index (κ2) is 8.33. The zero-order chi connectivity index (χ0) is 23.1. The average Bonchev–Trinajstić information content (AvgIpc) is 3.41. The highest BCUT2D eigenvalue weighted by molar-refractivity contribution is 5.91. The summed E-state index contributed by atoms with van der Waals surface area (Å²) in [6.07, 6.45) is 1.23. The number of likely N-dealkylation sites (tertiary alicyclic amines) is 1. The van der Waals surface area contributed by atoms with Gasteiger partial charge in [0.25, 0.3) is 0 Å². The molecule has 0 unspecified atom stereocenters. The zero-order valence-electron chi connectivity index (χ0n) is 18.6. The van der Waals surface area contributed by atoms with Crippen LogP contribution in [-0.2, 0) is 19.7 Å². The summed E-state index contributed by atoms with van der Waals surface area (Å²) in [6.45, 7) is 2.14. The molecule has 2 aromatic rings. The largest absolute Gasteiger partial charge is 0.497 e. The Labute approximate surface area is 192 Å². The molecule has 8 heteroatoms. The summed E-state index contributed by atoms with van der Waals surface area (Å²) in [6, 6.07) is 13.6. The van der Waals surface area contributed by atoms with E-state index in [0.29, 0.717) is 51.3 Å². The zero-order valence-corrected chi connectivity index (χ0v) is 18.6. The van der Waals surface area contributed by atoms with Crippen molar-refractivity contribution < 1.29 is 28.2 Å².